The number of carbonyl (C=O) groups excluding carboxylic acids is 1. The van der Waals surface area contributed by atoms with Crippen LogP contribution in [0.2, 0.25) is 0 Å². The Kier molecular flexibility index (Phi) is 4.65. The number of carboxylic acid groups (broad SMARTS) is 1. The van der Waals surface area contributed by atoms with Crippen LogP contribution in [0.4, 0.5) is 0 Å². The maximum atomic E-state index is 12.6. The monoisotopic (exact) mass is 293 g/mol. The molecule has 0 unspecified atom stereocenters. The zero-order valence-corrected chi connectivity index (χ0v) is 12.9. The SMILES string of the molecule is Cc1nn(C)c(C)c1CC(=O)N(CC(=O)O)C1CCCC1. The molecule has 1 fully saturated rings. The van der Waals surface area contributed by atoms with Crippen molar-refractivity contribution < 1.29 is 14.7 Å². The summed E-state index contributed by atoms with van der Waals surface area (Å²) in [6, 6.07) is 0.0749. The van der Waals surface area contributed by atoms with Crippen molar-refractivity contribution in [3.05, 3.63) is 17.0 Å². The minimum Gasteiger partial charge on any atom is -0.480 e. The predicted octanol–water partition coefficient (Wildman–Crippen LogP) is 1.44. The second-order valence-electron chi connectivity index (χ2n) is 5.80. The van der Waals surface area contributed by atoms with Crippen molar-refractivity contribution in [1.82, 2.24) is 14.7 Å². The Hall–Kier alpha value is -1.85. The van der Waals surface area contributed by atoms with Crippen LogP contribution in [-0.2, 0) is 23.1 Å². The highest BCUT2D eigenvalue weighted by Crippen LogP contribution is 2.24. The van der Waals surface area contributed by atoms with Gasteiger partial charge in [-0.05, 0) is 26.7 Å². The van der Waals surface area contributed by atoms with Crippen LogP contribution in [0.5, 0.6) is 0 Å². The molecule has 21 heavy (non-hydrogen) atoms. The van der Waals surface area contributed by atoms with Gasteiger partial charge in [-0.25, -0.2) is 0 Å². The molecule has 116 valence electrons. The molecule has 2 rings (SSSR count). The summed E-state index contributed by atoms with van der Waals surface area (Å²) in [6.07, 6.45) is 4.18. The fourth-order valence-corrected chi connectivity index (χ4v) is 3.11. The Morgan fingerprint density at radius 2 is 1.95 bits per heavy atom. The van der Waals surface area contributed by atoms with Crippen LogP contribution >= 0.6 is 0 Å². The molecule has 0 aliphatic heterocycles. The number of carboxylic acids is 1. The normalized spacial score (nSPS) is 15.4. The van der Waals surface area contributed by atoms with E-state index in [1.807, 2.05) is 20.9 Å². The van der Waals surface area contributed by atoms with Crippen LogP contribution in [0.3, 0.4) is 0 Å². The number of hydrogen-bond donors (Lipinski definition) is 1. The lowest BCUT2D eigenvalue weighted by Crippen LogP contribution is -2.43. The lowest BCUT2D eigenvalue weighted by Gasteiger charge is -2.27. The number of aliphatic carboxylic acids is 1. The third-order valence-electron chi connectivity index (χ3n) is 4.38. The zero-order chi connectivity index (χ0) is 15.6. The first-order chi connectivity index (χ1) is 9.90. The van der Waals surface area contributed by atoms with Gasteiger partial charge in [0.2, 0.25) is 5.91 Å². The number of aryl methyl sites for hydroxylation is 2. The molecule has 0 atom stereocenters. The van der Waals surface area contributed by atoms with E-state index >= 15 is 0 Å². The Balaban J connectivity index is 2.15. The molecule has 0 spiro atoms. The van der Waals surface area contributed by atoms with Gasteiger partial charge < -0.3 is 10.0 Å². The number of rotatable bonds is 5. The average molecular weight is 293 g/mol. The summed E-state index contributed by atoms with van der Waals surface area (Å²) < 4.78 is 1.76. The number of hydrogen-bond acceptors (Lipinski definition) is 3. The fraction of sp³-hybridized carbons (Fsp3) is 0.667. The summed E-state index contributed by atoms with van der Waals surface area (Å²) in [6.45, 7) is 3.61. The van der Waals surface area contributed by atoms with Gasteiger partial charge in [-0.1, -0.05) is 12.8 Å². The minimum absolute atomic E-state index is 0.0749. The standard InChI is InChI=1S/C15H23N3O3/c1-10-13(11(2)17(3)16-10)8-14(19)18(9-15(20)21)12-6-4-5-7-12/h12H,4-9H2,1-3H3,(H,20,21). The number of aromatic nitrogens is 2. The third kappa shape index (κ3) is 3.43. The summed E-state index contributed by atoms with van der Waals surface area (Å²) in [5.41, 5.74) is 2.71. The van der Waals surface area contributed by atoms with Crippen LogP contribution in [0.25, 0.3) is 0 Å². The van der Waals surface area contributed by atoms with E-state index in [1.165, 1.54) is 0 Å². The number of amides is 1. The molecule has 1 amide bonds. The third-order valence-corrected chi connectivity index (χ3v) is 4.38. The molecule has 1 aliphatic rings. The van der Waals surface area contributed by atoms with Gasteiger partial charge in [0, 0.05) is 24.3 Å². The first-order valence-corrected chi connectivity index (χ1v) is 7.40. The van der Waals surface area contributed by atoms with Gasteiger partial charge in [-0.3, -0.25) is 14.3 Å². The molecular formula is C15H23N3O3. The predicted molar refractivity (Wildman–Crippen MR) is 78.0 cm³/mol. The molecule has 1 aromatic rings. The van der Waals surface area contributed by atoms with Crippen LogP contribution in [0, 0.1) is 13.8 Å². The molecular weight excluding hydrogens is 270 g/mol. The average Bonchev–Trinajstić information content (AvgIpc) is 3.00. The smallest absolute Gasteiger partial charge is 0.323 e. The summed E-state index contributed by atoms with van der Waals surface area (Å²) in [5, 5.41) is 13.4. The van der Waals surface area contributed by atoms with Gasteiger partial charge in [0.1, 0.15) is 6.54 Å². The van der Waals surface area contributed by atoms with E-state index in [0.717, 1.165) is 42.6 Å². The van der Waals surface area contributed by atoms with Gasteiger partial charge in [0.25, 0.3) is 0 Å². The van der Waals surface area contributed by atoms with Crippen molar-refractivity contribution in [2.75, 3.05) is 6.54 Å². The summed E-state index contributed by atoms with van der Waals surface area (Å²) >= 11 is 0. The highest BCUT2D eigenvalue weighted by Gasteiger charge is 2.29. The topological polar surface area (TPSA) is 75.4 Å². The molecule has 0 aromatic carbocycles. The Morgan fingerprint density at radius 1 is 1.33 bits per heavy atom. The lowest BCUT2D eigenvalue weighted by atomic mass is 10.1. The van der Waals surface area contributed by atoms with Gasteiger partial charge in [0.05, 0.1) is 12.1 Å². The molecule has 1 N–H and O–H groups in total. The highest BCUT2D eigenvalue weighted by molar-refractivity contribution is 5.83. The second kappa shape index (κ2) is 6.28. The van der Waals surface area contributed by atoms with E-state index in [9.17, 15) is 9.59 Å². The first kappa shape index (κ1) is 15.5. The van der Waals surface area contributed by atoms with E-state index in [1.54, 1.807) is 9.58 Å². The van der Waals surface area contributed by atoms with E-state index in [4.69, 9.17) is 5.11 Å². The molecule has 1 saturated carbocycles. The van der Waals surface area contributed by atoms with Crippen LogP contribution in [0.1, 0.15) is 42.6 Å². The fourth-order valence-electron chi connectivity index (χ4n) is 3.11. The van der Waals surface area contributed by atoms with Crippen LogP contribution in [-0.4, -0.2) is 44.3 Å². The van der Waals surface area contributed by atoms with Crippen molar-refractivity contribution >= 4 is 11.9 Å². The maximum absolute atomic E-state index is 12.6. The van der Waals surface area contributed by atoms with E-state index in [-0.39, 0.29) is 24.9 Å². The van der Waals surface area contributed by atoms with E-state index < -0.39 is 5.97 Å². The molecule has 0 saturated heterocycles. The Labute approximate surface area is 124 Å². The first-order valence-electron chi connectivity index (χ1n) is 7.40. The second-order valence-corrected chi connectivity index (χ2v) is 5.80. The molecule has 6 heteroatoms. The zero-order valence-electron chi connectivity index (χ0n) is 12.9. The molecule has 6 nitrogen and oxygen atoms in total. The summed E-state index contributed by atoms with van der Waals surface area (Å²) in [5.74, 6) is -1.06. The van der Waals surface area contributed by atoms with Crippen molar-refractivity contribution in [3.63, 3.8) is 0 Å². The maximum Gasteiger partial charge on any atom is 0.323 e. The quantitative estimate of drug-likeness (QED) is 0.891. The summed E-state index contributed by atoms with van der Waals surface area (Å²) in [7, 11) is 1.85. The van der Waals surface area contributed by atoms with Gasteiger partial charge in [-0.2, -0.15) is 5.10 Å². The van der Waals surface area contributed by atoms with Gasteiger partial charge >= 0.3 is 5.97 Å². The van der Waals surface area contributed by atoms with E-state index in [0.29, 0.717) is 0 Å². The minimum atomic E-state index is -0.949. The largest absolute Gasteiger partial charge is 0.480 e. The van der Waals surface area contributed by atoms with Gasteiger partial charge in [0.15, 0.2) is 0 Å². The molecule has 1 aromatic heterocycles. The van der Waals surface area contributed by atoms with Crippen molar-refractivity contribution in [2.45, 2.75) is 52.0 Å². The van der Waals surface area contributed by atoms with E-state index in [2.05, 4.69) is 5.10 Å². The van der Waals surface area contributed by atoms with Crippen molar-refractivity contribution in [3.8, 4) is 0 Å². The molecule has 0 bridgehead atoms. The highest BCUT2D eigenvalue weighted by atomic mass is 16.4. The number of nitrogens with zero attached hydrogens (tertiary/aromatic N) is 3. The lowest BCUT2D eigenvalue weighted by molar-refractivity contribution is -0.145. The van der Waals surface area contributed by atoms with Gasteiger partial charge in [-0.15, -0.1) is 0 Å². The number of carbonyl (C=O) groups is 2. The molecule has 1 heterocycles. The van der Waals surface area contributed by atoms with Crippen molar-refractivity contribution in [1.29, 1.82) is 0 Å². The summed E-state index contributed by atoms with van der Waals surface area (Å²) in [4.78, 5) is 25.2. The Bertz CT molecular complexity index is 545. The molecule has 0 radical (unpaired) electrons. The van der Waals surface area contributed by atoms with Crippen LogP contribution < -0.4 is 0 Å². The van der Waals surface area contributed by atoms with Crippen molar-refractivity contribution in [2.24, 2.45) is 7.05 Å². The Morgan fingerprint density at radius 3 is 2.43 bits per heavy atom. The van der Waals surface area contributed by atoms with Crippen LogP contribution in [0.15, 0.2) is 0 Å². The molecule has 1 aliphatic carbocycles.